The maximum atomic E-state index is 11.9. The van der Waals surface area contributed by atoms with Crippen molar-refractivity contribution in [1.82, 2.24) is 19.7 Å². The van der Waals surface area contributed by atoms with E-state index < -0.39 is 52.2 Å². The number of aliphatic hydroxyl groups excluding tert-OH is 2. The summed E-state index contributed by atoms with van der Waals surface area (Å²) < 4.78 is 34.5. The van der Waals surface area contributed by atoms with Crippen LogP contribution in [0.5, 0.6) is 0 Å². The van der Waals surface area contributed by atoms with Gasteiger partial charge in [0.1, 0.15) is 24.1 Å². The van der Waals surface area contributed by atoms with E-state index in [9.17, 15) is 24.2 Å². The molecule has 3 heterocycles. The third-order valence-electron chi connectivity index (χ3n) is 5.41. The lowest BCUT2D eigenvalue weighted by Crippen LogP contribution is -2.33. The van der Waals surface area contributed by atoms with Crippen molar-refractivity contribution in [3.05, 3.63) is 47.4 Å². The van der Waals surface area contributed by atoms with E-state index in [1.165, 1.54) is 10.9 Å². The first kappa shape index (κ1) is 27.1. The molecule has 0 aliphatic carbocycles. The number of benzene rings is 1. The monoisotopic (exact) mass is 563 g/mol. The number of hydrogen-bond donors (Lipinski definition) is 5. The Morgan fingerprint density at radius 1 is 1.14 bits per heavy atom. The molecule has 196 valence electrons. The van der Waals surface area contributed by atoms with E-state index in [0.717, 1.165) is 5.56 Å². The van der Waals surface area contributed by atoms with Gasteiger partial charge < -0.3 is 39.1 Å². The standard InChI is InChI=1S/C19H24ClN5O9P2/c1-24(8-11-5-3-2-4-6-11)16-12-7-21-25(17(12)23-19(20)22-16)18-15(27)14(26)13(34-18)9-33-36(31,32)10-35(28,29)30/h2-7,13-15,18,26-27H,8-10H2,1H3,(H,31,32)(H2,28,29,30)/t13-,14-,15-,18-/m1/s1. The Labute approximate surface area is 209 Å². The Hall–Kier alpha value is -1.96. The quantitative estimate of drug-likeness (QED) is 0.183. The predicted molar refractivity (Wildman–Crippen MR) is 127 cm³/mol. The lowest BCUT2D eigenvalue weighted by atomic mass is 10.1. The fraction of sp³-hybridized carbons (Fsp3) is 0.421. The molecule has 0 radical (unpaired) electrons. The van der Waals surface area contributed by atoms with Crippen LogP contribution in [0.1, 0.15) is 11.8 Å². The van der Waals surface area contributed by atoms with Crippen molar-refractivity contribution in [3.63, 3.8) is 0 Å². The molecule has 4 rings (SSSR count). The van der Waals surface area contributed by atoms with Crippen molar-refractivity contribution in [2.45, 2.75) is 31.1 Å². The molecule has 36 heavy (non-hydrogen) atoms. The second-order valence-electron chi connectivity index (χ2n) is 8.27. The molecule has 0 spiro atoms. The van der Waals surface area contributed by atoms with Crippen molar-refractivity contribution in [3.8, 4) is 0 Å². The summed E-state index contributed by atoms with van der Waals surface area (Å²) in [6.45, 7) is -0.215. The van der Waals surface area contributed by atoms with Gasteiger partial charge in [0.2, 0.25) is 5.28 Å². The van der Waals surface area contributed by atoms with Gasteiger partial charge in [0.15, 0.2) is 17.8 Å². The largest absolute Gasteiger partial charge is 0.387 e. The number of ether oxygens (including phenoxy) is 1. The van der Waals surface area contributed by atoms with E-state index in [1.807, 2.05) is 42.3 Å². The summed E-state index contributed by atoms with van der Waals surface area (Å²) in [4.78, 5) is 37.8. The minimum atomic E-state index is -4.83. The molecule has 1 saturated heterocycles. The SMILES string of the molecule is CN(Cc1ccccc1)c1nc(Cl)nc2c1cnn2[C@@H]1O[C@H](COP(=O)(O)CP(=O)(O)O)[C@@H](O)[C@H]1O. The molecular weight excluding hydrogens is 540 g/mol. The molecule has 0 amide bonds. The minimum Gasteiger partial charge on any atom is -0.387 e. The van der Waals surface area contributed by atoms with Gasteiger partial charge in [-0.3, -0.25) is 9.13 Å². The highest BCUT2D eigenvalue weighted by atomic mass is 35.5. The molecule has 1 aromatic carbocycles. The van der Waals surface area contributed by atoms with Crippen LogP contribution < -0.4 is 4.90 Å². The third kappa shape index (κ3) is 6.12. The molecule has 5 atom stereocenters. The molecular formula is C19H24ClN5O9P2. The first-order valence-electron chi connectivity index (χ1n) is 10.5. The van der Waals surface area contributed by atoms with E-state index >= 15 is 0 Å². The van der Waals surface area contributed by atoms with Gasteiger partial charge in [0.05, 0.1) is 18.2 Å². The maximum absolute atomic E-state index is 11.9. The summed E-state index contributed by atoms with van der Waals surface area (Å²) in [6, 6.07) is 9.64. The van der Waals surface area contributed by atoms with Crippen LogP contribution >= 0.6 is 26.8 Å². The first-order chi connectivity index (χ1) is 16.8. The van der Waals surface area contributed by atoms with Crippen molar-refractivity contribution in [2.75, 3.05) is 24.5 Å². The van der Waals surface area contributed by atoms with E-state index in [4.69, 9.17) is 30.6 Å². The molecule has 17 heteroatoms. The molecule has 14 nitrogen and oxygen atoms in total. The van der Waals surface area contributed by atoms with Crippen molar-refractivity contribution in [1.29, 1.82) is 0 Å². The summed E-state index contributed by atoms with van der Waals surface area (Å²) in [5, 5.41) is 25.6. The van der Waals surface area contributed by atoms with Gasteiger partial charge in [-0.05, 0) is 17.2 Å². The Kier molecular flexibility index (Phi) is 7.84. The second-order valence-corrected chi connectivity index (χ2v) is 12.6. The number of nitrogens with zero attached hydrogens (tertiary/aromatic N) is 5. The number of rotatable bonds is 9. The van der Waals surface area contributed by atoms with Gasteiger partial charge in [-0.1, -0.05) is 30.3 Å². The van der Waals surface area contributed by atoms with Crippen LogP contribution in [-0.2, 0) is 24.9 Å². The van der Waals surface area contributed by atoms with Crippen LogP contribution in [0.15, 0.2) is 36.5 Å². The zero-order valence-electron chi connectivity index (χ0n) is 18.8. The zero-order chi connectivity index (χ0) is 26.3. The van der Waals surface area contributed by atoms with Crippen LogP contribution in [0.3, 0.4) is 0 Å². The van der Waals surface area contributed by atoms with Gasteiger partial charge in [0, 0.05) is 13.6 Å². The number of hydrogen-bond acceptors (Lipinski definition) is 10. The van der Waals surface area contributed by atoms with E-state index in [0.29, 0.717) is 17.7 Å². The summed E-state index contributed by atoms with van der Waals surface area (Å²) in [6.07, 6.45) is -4.23. The van der Waals surface area contributed by atoms with E-state index in [1.54, 1.807) is 0 Å². The van der Waals surface area contributed by atoms with Crippen LogP contribution in [0.4, 0.5) is 5.82 Å². The highest BCUT2D eigenvalue weighted by molar-refractivity contribution is 7.70. The Bertz CT molecular complexity index is 1320. The number of anilines is 1. The molecule has 2 aromatic heterocycles. The average Bonchev–Trinajstić information content (AvgIpc) is 3.31. The fourth-order valence-corrected chi connectivity index (χ4v) is 6.56. The number of aromatic nitrogens is 4. The summed E-state index contributed by atoms with van der Waals surface area (Å²) in [5.41, 5.74) is 1.23. The van der Waals surface area contributed by atoms with Gasteiger partial charge in [0.25, 0.3) is 0 Å². The van der Waals surface area contributed by atoms with Crippen LogP contribution in [-0.4, -0.2) is 82.5 Å². The smallest absolute Gasteiger partial charge is 0.340 e. The molecule has 5 N–H and O–H groups in total. The van der Waals surface area contributed by atoms with E-state index in [-0.39, 0.29) is 10.9 Å². The maximum Gasteiger partial charge on any atom is 0.340 e. The fourth-order valence-electron chi connectivity index (χ4n) is 3.83. The number of halogens is 1. The summed E-state index contributed by atoms with van der Waals surface area (Å²) in [5.74, 6) is -0.931. The van der Waals surface area contributed by atoms with Gasteiger partial charge in [-0.2, -0.15) is 15.1 Å². The minimum absolute atomic E-state index is 0.0919. The molecule has 1 fully saturated rings. The molecule has 1 unspecified atom stereocenters. The van der Waals surface area contributed by atoms with Crippen LogP contribution in [0.25, 0.3) is 11.0 Å². The molecule has 0 bridgehead atoms. The predicted octanol–water partition coefficient (Wildman–Crippen LogP) is 1.07. The lowest BCUT2D eigenvalue weighted by molar-refractivity contribution is -0.0541. The van der Waals surface area contributed by atoms with E-state index in [2.05, 4.69) is 15.1 Å². The van der Waals surface area contributed by atoms with Gasteiger partial charge in [-0.25, -0.2) is 4.68 Å². The lowest BCUT2D eigenvalue weighted by Gasteiger charge is -2.20. The average molecular weight is 564 g/mol. The van der Waals surface area contributed by atoms with Crippen molar-refractivity contribution in [2.24, 2.45) is 0 Å². The highest BCUT2D eigenvalue weighted by Crippen LogP contribution is 2.55. The van der Waals surface area contributed by atoms with Crippen molar-refractivity contribution < 1.29 is 43.3 Å². The molecule has 3 aromatic rings. The normalized spacial score (nSPS) is 24.2. The number of fused-ring (bicyclic) bond motifs is 1. The summed E-state index contributed by atoms with van der Waals surface area (Å²) in [7, 11) is -7.71. The molecule has 0 saturated carbocycles. The zero-order valence-corrected chi connectivity index (χ0v) is 21.3. The van der Waals surface area contributed by atoms with Gasteiger partial charge >= 0.3 is 15.2 Å². The number of aliphatic hydroxyl groups is 2. The molecule has 1 aliphatic rings. The Morgan fingerprint density at radius 2 is 1.83 bits per heavy atom. The van der Waals surface area contributed by atoms with Crippen LogP contribution in [0.2, 0.25) is 5.28 Å². The topological polar surface area (TPSA) is 201 Å². The molecule has 1 aliphatic heterocycles. The summed E-state index contributed by atoms with van der Waals surface area (Å²) >= 11 is 6.17. The Morgan fingerprint density at radius 3 is 2.50 bits per heavy atom. The van der Waals surface area contributed by atoms with Crippen molar-refractivity contribution >= 4 is 43.6 Å². The third-order valence-corrected chi connectivity index (χ3v) is 9.04. The van der Waals surface area contributed by atoms with Gasteiger partial charge in [-0.15, -0.1) is 0 Å². The van der Waals surface area contributed by atoms with Crippen LogP contribution in [0, 0.1) is 0 Å². The Balaban J connectivity index is 1.56. The highest BCUT2D eigenvalue weighted by Gasteiger charge is 2.46. The first-order valence-corrected chi connectivity index (χ1v) is 14.5. The second kappa shape index (κ2) is 10.4.